The first kappa shape index (κ1) is 19.7. The Morgan fingerprint density at radius 2 is 2.15 bits per heavy atom. The van der Waals surface area contributed by atoms with Crippen molar-refractivity contribution in [3.05, 3.63) is 35.8 Å². The van der Waals surface area contributed by atoms with Crippen molar-refractivity contribution in [2.75, 3.05) is 33.2 Å². The number of hydrogen-bond donors (Lipinski definition) is 2. The van der Waals surface area contributed by atoms with Gasteiger partial charge in [-0.3, -0.25) is 4.99 Å². The van der Waals surface area contributed by atoms with E-state index < -0.39 is 0 Å². The second-order valence-corrected chi connectivity index (χ2v) is 7.52. The summed E-state index contributed by atoms with van der Waals surface area (Å²) < 4.78 is 2.10. The molecule has 3 heterocycles. The van der Waals surface area contributed by atoms with Crippen molar-refractivity contribution in [3.8, 4) is 0 Å². The average Bonchev–Trinajstić information content (AvgIpc) is 3.11. The Hall–Kier alpha value is -2.08. The number of aliphatic imine (C=N–C) groups is 1. The molecule has 0 aliphatic carbocycles. The van der Waals surface area contributed by atoms with E-state index in [9.17, 15) is 0 Å². The lowest BCUT2D eigenvalue weighted by Crippen LogP contribution is -2.49. The molecule has 0 spiro atoms. The Kier molecular flexibility index (Phi) is 7.10. The lowest BCUT2D eigenvalue weighted by atomic mass is 10.0. The standard InChI is InChI=1S/C21H34N6/c1-4-5-12-26-14-9-18(10-15-26)25-21(22-3)23-11-8-19-16-27-13-6-7-17(2)20(27)24-19/h6-7,13,16,18H,4-5,8-12,14-15H2,1-3H3,(H2,22,23,25). The number of nitrogens with zero attached hydrogens (tertiary/aromatic N) is 4. The Balaban J connectivity index is 1.42. The summed E-state index contributed by atoms with van der Waals surface area (Å²) in [5.74, 6) is 0.905. The Bertz CT molecular complexity index is 742. The molecule has 27 heavy (non-hydrogen) atoms. The summed E-state index contributed by atoms with van der Waals surface area (Å²) in [6.07, 6.45) is 10.0. The zero-order valence-electron chi connectivity index (χ0n) is 17.0. The molecule has 1 aliphatic heterocycles. The van der Waals surface area contributed by atoms with E-state index in [1.807, 2.05) is 7.05 Å². The lowest BCUT2D eigenvalue weighted by molar-refractivity contribution is 0.203. The fraction of sp³-hybridized carbons (Fsp3) is 0.619. The third kappa shape index (κ3) is 5.45. The summed E-state index contributed by atoms with van der Waals surface area (Å²) in [4.78, 5) is 11.7. The third-order valence-electron chi connectivity index (χ3n) is 5.38. The van der Waals surface area contributed by atoms with Gasteiger partial charge < -0.3 is 19.9 Å². The first-order valence-electron chi connectivity index (χ1n) is 10.3. The third-order valence-corrected chi connectivity index (χ3v) is 5.38. The topological polar surface area (TPSA) is 57.0 Å². The van der Waals surface area contributed by atoms with Gasteiger partial charge in [0.15, 0.2) is 5.96 Å². The van der Waals surface area contributed by atoms with E-state index in [-0.39, 0.29) is 0 Å². The SMILES string of the molecule is CCCCN1CCC(NC(=NC)NCCc2cn3cccc(C)c3n2)CC1. The highest BCUT2D eigenvalue weighted by Gasteiger charge is 2.19. The van der Waals surface area contributed by atoms with Gasteiger partial charge in [0.05, 0.1) is 5.69 Å². The number of nitrogens with one attached hydrogen (secondary N) is 2. The number of imidazole rings is 1. The van der Waals surface area contributed by atoms with Gasteiger partial charge in [0.25, 0.3) is 0 Å². The van der Waals surface area contributed by atoms with Crippen LogP contribution in [0.25, 0.3) is 5.65 Å². The van der Waals surface area contributed by atoms with Crippen molar-refractivity contribution in [1.29, 1.82) is 0 Å². The van der Waals surface area contributed by atoms with E-state index >= 15 is 0 Å². The average molecular weight is 371 g/mol. The van der Waals surface area contributed by atoms with Gasteiger partial charge in [0.2, 0.25) is 0 Å². The maximum Gasteiger partial charge on any atom is 0.191 e. The second-order valence-electron chi connectivity index (χ2n) is 7.52. The Morgan fingerprint density at radius 3 is 2.85 bits per heavy atom. The van der Waals surface area contributed by atoms with Crippen LogP contribution in [-0.4, -0.2) is 59.5 Å². The molecule has 6 nitrogen and oxygen atoms in total. The van der Waals surface area contributed by atoms with Gasteiger partial charge in [-0.25, -0.2) is 4.98 Å². The van der Waals surface area contributed by atoms with Gasteiger partial charge in [-0.2, -0.15) is 0 Å². The molecule has 2 N–H and O–H groups in total. The zero-order valence-corrected chi connectivity index (χ0v) is 17.0. The van der Waals surface area contributed by atoms with Gasteiger partial charge in [-0.15, -0.1) is 0 Å². The van der Waals surface area contributed by atoms with Gasteiger partial charge in [-0.1, -0.05) is 19.4 Å². The quantitative estimate of drug-likeness (QED) is 0.581. The highest BCUT2D eigenvalue weighted by Crippen LogP contribution is 2.12. The maximum atomic E-state index is 4.74. The number of fused-ring (bicyclic) bond motifs is 1. The molecule has 0 amide bonds. The molecule has 1 aliphatic rings. The largest absolute Gasteiger partial charge is 0.356 e. The number of unbranched alkanes of at least 4 members (excludes halogenated alkanes) is 1. The minimum atomic E-state index is 0.520. The number of piperidine rings is 1. The van der Waals surface area contributed by atoms with Crippen LogP contribution in [0, 0.1) is 6.92 Å². The Labute approximate surface area is 163 Å². The van der Waals surface area contributed by atoms with Crippen LogP contribution in [-0.2, 0) is 6.42 Å². The molecule has 3 rings (SSSR count). The van der Waals surface area contributed by atoms with Crippen LogP contribution >= 0.6 is 0 Å². The summed E-state index contributed by atoms with van der Waals surface area (Å²) >= 11 is 0. The van der Waals surface area contributed by atoms with Crippen molar-refractivity contribution < 1.29 is 0 Å². The second kappa shape index (κ2) is 9.74. The highest BCUT2D eigenvalue weighted by molar-refractivity contribution is 5.79. The zero-order chi connectivity index (χ0) is 19.1. The predicted molar refractivity (Wildman–Crippen MR) is 113 cm³/mol. The van der Waals surface area contributed by atoms with Crippen LogP contribution in [0.1, 0.15) is 43.9 Å². The summed E-state index contributed by atoms with van der Waals surface area (Å²) in [5, 5.41) is 7.04. The predicted octanol–water partition coefficient (Wildman–Crippen LogP) is 2.61. The summed E-state index contributed by atoms with van der Waals surface area (Å²) in [5.41, 5.74) is 3.36. The van der Waals surface area contributed by atoms with Gasteiger partial charge >= 0.3 is 0 Å². The van der Waals surface area contributed by atoms with Crippen molar-refractivity contribution in [2.45, 2.75) is 52.0 Å². The molecule has 0 aromatic carbocycles. The van der Waals surface area contributed by atoms with E-state index in [1.165, 1.54) is 50.9 Å². The normalized spacial score (nSPS) is 16.8. The molecule has 6 heteroatoms. The monoisotopic (exact) mass is 370 g/mol. The highest BCUT2D eigenvalue weighted by atomic mass is 15.2. The molecule has 2 aromatic heterocycles. The number of likely N-dealkylation sites (tertiary alicyclic amines) is 1. The number of aryl methyl sites for hydroxylation is 1. The van der Waals surface area contributed by atoms with Crippen LogP contribution in [0.15, 0.2) is 29.5 Å². The first-order valence-corrected chi connectivity index (χ1v) is 10.3. The number of guanidine groups is 1. The molecule has 0 bridgehead atoms. The molecule has 0 unspecified atom stereocenters. The van der Waals surface area contributed by atoms with E-state index in [4.69, 9.17) is 4.98 Å². The molecule has 0 radical (unpaired) electrons. The van der Waals surface area contributed by atoms with Crippen molar-refractivity contribution in [2.24, 2.45) is 4.99 Å². The van der Waals surface area contributed by atoms with Gasteiger partial charge in [-0.05, 0) is 44.4 Å². The van der Waals surface area contributed by atoms with E-state index in [0.717, 1.165) is 30.3 Å². The molecule has 2 aromatic rings. The van der Waals surface area contributed by atoms with E-state index in [0.29, 0.717) is 6.04 Å². The number of aromatic nitrogens is 2. The minimum absolute atomic E-state index is 0.520. The number of pyridine rings is 1. The summed E-state index contributed by atoms with van der Waals surface area (Å²) in [6, 6.07) is 4.68. The van der Waals surface area contributed by atoms with Gasteiger partial charge in [0, 0.05) is 51.5 Å². The smallest absolute Gasteiger partial charge is 0.191 e. The molecule has 1 fully saturated rings. The van der Waals surface area contributed by atoms with Crippen LogP contribution in [0.2, 0.25) is 0 Å². The van der Waals surface area contributed by atoms with E-state index in [2.05, 4.69) is 63.3 Å². The first-order chi connectivity index (χ1) is 13.2. The molecular formula is C21H34N6. The number of hydrogen-bond acceptors (Lipinski definition) is 3. The van der Waals surface area contributed by atoms with Crippen molar-refractivity contribution >= 4 is 11.6 Å². The van der Waals surface area contributed by atoms with Crippen LogP contribution in [0.4, 0.5) is 0 Å². The minimum Gasteiger partial charge on any atom is -0.356 e. The summed E-state index contributed by atoms with van der Waals surface area (Å²) in [7, 11) is 1.85. The maximum absolute atomic E-state index is 4.74. The van der Waals surface area contributed by atoms with Gasteiger partial charge in [0.1, 0.15) is 5.65 Å². The van der Waals surface area contributed by atoms with E-state index in [1.54, 1.807) is 0 Å². The molecule has 1 saturated heterocycles. The van der Waals surface area contributed by atoms with Crippen LogP contribution in [0.3, 0.4) is 0 Å². The summed E-state index contributed by atoms with van der Waals surface area (Å²) in [6.45, 7) is 8.82. The fourth-order valence-corrected chi connectivity index (χ4v) is 3.70. The lowest BCUT2D eigenvalue weighted by Gasteiger charge is -2.33. The van der Waals surface area contributed by atoms with Crippen molar-refractivity contribution in [3.63, 3.8) is 0 Å². The molecular weight excluding hydrogens is 336 g/mol. The Morgan fingerprint density at radius 1 is 1.33 bits per heavy atom. The molecule has 0 atom stereocenters. The molecule has 148 valence electrons. The van der Waals surface area contributed by atoms with Crippen molar-refractivity contribution in [1.82, 2.24) is 24.9 Å². The molecule has 0 saturated carbocycles. The number of rotatable bonds is 7. The fourth-order valence-electron chi connectivity index (χ4n) is 3.70. The van der Waals surface area contributed by atoms with Crippen LogP contribution in [0.5, 0.6) is 0 Å². The van der Waals surface area contributed by atoms with Crippen LogP contribution < -0.4 is 10.6 Å².